The van der Waals surface area contributed by atoms with E-state index in [1.807, 2.05) is 6.92 Å². The van der Waals surface area contributed by atoms with Crippen molar-refractivity contribution in [3.8, 4) is 0 Å². The molecule has 0 heterocycles. The van der Waals surface area contributed by atoms with E-state index in [2.05, 4.69) is 4.74 Å². The molecule has 0 amide bonds. The first-order valence-electron chi connectivity index (χ1n) is 5.34. The Morgan fingerprint density at radius 1 is 1.44 bits per heavy atom. The molecule has 0 spiro atoms. The van der Waals surface area contributed by atoms with Crippen LogP contribution in [0.5, 0.6) is 0 Å². The Hall–Kier alpha value is -1.75. The molecular formula is C12H14ClNO4. The van der Waals surface area contributed by atoms with Gasteiger partial charge in [0.25, 0.3) is 0 Å². The summed E-state index contributed by atoms with van der Waals surface area (Å²) in [7, 11) is 1.28. The molecule has 0 saturated heterocycles. The van der Waals surface area contributed by atoms with E-state index in [1.54, 1.807) is 11.0 Å². The third kappa shape index (κ3) is 3.37. The molecule has 0 unspecified atom stereocenters. The number of carboxylic acid groups (broad SMARTS) is 1. The number of ether oxygens (including phenoxy) is 1. The van der Waals surface area contributed by atoms with Crippen molar-refractivity contribution in [1.29, 1.82) is 0 Å². The Morgan fingerprint density at radius 3 is 2.61 bits per heavy atom. The molecule has 0 aliphatic rings. The van der Waals surface area contributed by atoms with Gasteiger partial charge in [-0.1, -0.05) is 11.6 Å². The fourth-order valence-corrected chi connectivity index (χ4v) is 1.77. The zero-order valence-corrected chi connectivity index (χ0v) is 10.9. The number of hydrogen-bond donors (Lipinski definition) is 1. The maximum atomic E-state index is 11.4. The molecule has 1 rings (SSSR count). The summed E-state index contributed by atoms with van der Waals surface area (Å²) in [6.07, 6.45) is 0. The first-order chi connectivity index (χ1) is 8.49. The summed E-state index contributed by atoms with van der Waals surface area (Å²) in [6, 6.07) is 4.61. The number of carbonyl (C=O) groups excluding carboxylic acids is 1. The summed E-state index contributed by atoms with van der Waals surface area (Å²) < 4.78 is 4.61. The third-order valence-electron chi connectivity index (χ3n) is 2.42. The number of methoxy groups -OCH3 is 1. The predicted octanol–water partition coefficient (Wildman–Crippen LogP) is 2.04. The predicted molar refractivity (Wildman–Crippen MR) is 68.3 cm³/mol. The van der Waals surface area contributed by atoms with Crippen LogP contribution in [0, 0.1) is 0 Å². The molecule has 0 atom stereocenters. The lowest BCUT2D eigenvalue weighted by atomic mass is 10.2. The van der Waals surface area contributed by atoms with Crippen molar-refractivity contribution >= 4 is 29.2 Å². The van der Waals surface area contributed by atoms with Crippen molar-refractivity contribution in [2.45, 2.75) is 6.92 Å². The van der Waals surface area contributed by atoms with Gasteiger partial charge in [0.05, 0.1) is 23.4 Å². The van der Waals surface area contributed by atoms with Gasteiger partial charge in [-0.15, -0.1) is 0 Å². The van der Waals surface area contributed by atoms with Crippen LogP contribution in [-0.4, -0.2) is 37.2 Å². The van der Waals surface area contributed by atoms with Crippen LogP contribution in [0.2, 0.25) is 5.02 Å². The fraction of sp³-hybridized carbons (Fsp3) is 0.333. The number of carboxylic acids is 1. The minimum absolute atomic E-state index is 0.180. The minimum atomic E-state index is -0.962. The van der Waals surface area contributed by atoms with Crippen molar-refractivity contribution in [3.05, 3.63) is 28.8 Å². The van der Waals surface area contributed by atoms with E-state index in [-0.39, 0.29) is 6.54 Å². The number of aliphatic carboxylic acids is 1. The molecule has 0 radical (unpaired) electrons. The second kappa shape index (κ2) is 6.26. The normalized spacial score (nSPS) is 9.94. The third-order valence-corrected chi connectivity index (χ3v) is 2.74. The molecule has 0 fully saturated rings. The zero-order chi connectivity index (χ0) is 13.7. The van der Waals surface area contributed by atoms with Crippen LogP contribution in [0.15, 0.2) is 18.2 Å². The fourth-order valence-electron chi connectivity index (χ4n) is 1.53. The summed E-state index contributed by atoms with van der Waals surface area (Å²) in [5.74, 6) is -1.45. The van der Waals surface area contributed by atoms with Crippen LogP contribution in [0.1, 0.15) is 17.3 Å². The van der Waals surface area contributed by atoms with Crippen molar-refractivity contribution < 1.29 is 19.4 Å². The standard InChI is InChI=1S/C12H14ClNO4/c1-3-14(7-11(15)16)10-6-8(12(17)18-2)4-5-9(10)13/h4-6H,3,7H2,1-2H3,(H,15,16). The number of likely N-dealkylation sites (N-methyl/N-ethyl adjacent to an activating group) is 1. The smallest absolute Gasteiger partial charge is 0.337 e. The number of anilines is 1. The lowest BCUT2D eigenvalue weighted by Gasteiger charge is -2.22. The zero-order valence-electron chi connectivity index (χ0n) is 10.1. The highest BCUT2D eigenvalue weighted by Crippen LogP contribution is 2.27. The lowest BCUT2D eigenvalue weighted by Crippen LogP contribution is -2.29. The molecule has 0 aliphatic heterocycles. The highest BCUT2D eigenvalue weighted by atomic mass is 35.5. The summed E-state index contributed by atoms with van der Waals surface area (Å²) in [5, 5.41) is 9.21. The van der Waals surface area contributed by atoms with Gasteiger partial charge in [0.2, 0.25) is 0 Å². The van der Waals surface area contributed by atoms with Gasteiger partial charge in [-0.2, -0.15) is 0 Å². The van der Waals surface area contributed by atoms with Gasteiger partial charge >= 0.3 is 11.9 Å². The Balaban J connectivity index is 3.12. The number of benzene rings is 1. The van der Waals surface area contributed by atoms with E-state index in [1.165, 1.54) is 19.2 Å². The highest BCUT2D eigenvalue weighted by Gasteiger charge is 2.15. The molecule has 1 aromatic carbocycles. The number of nitrogens with zero attached hydrogens (tertiary/aromatic N) is 1. The highest BCUT2D eigenvalue weighted by molar-refractivity contribution is 6.33. The van der Waals surface area contributed by atoms with Gasteiger partial charge < -0.3 is 14.7 Å². The average Bonchev–Trinajstić information content (AvgIpc) is 2.35. The molecule has 98 valence electrons. The van der Waals surface area contributed by atoms with Crippen molar-refractivity contribution in [1.82, 2.24) is 0 Å². The number of esters is 1. The Kier molecular flexibility index (Phi) is 4.97. The maximum Gasteiger partial charge on any atom is 0.337 e. The largest absolute Gasteiger partial charge is 0.480 e. The van der Waals surface area contributed by atoms with E-state index in [0.717, 1.165) is 0 Å². The van der Waals surface area contributed by atoms with E-state index < -0.39 is 11.9 Å². The number of halogens is 1. The average molecular weight is 272 g/mol. The van der Waals surface area contributed by atoms with E-state index in [9.17, 15) is 9.59 Å². The Labute approximate surface area is 110 Å². The molecule has 0 saturated carbocycles. The first-order valence-corrected chi connectivity index (χ1v) is 5.72. The molecule has 5 nitrogen and oxygen atoms in total. The number of carbonyl (C=O) groups is 2. The van der Waals surface area contributed by atoms with Crippen LogP contribution in [-0.2, 0) is 9.53 Å². The summed E-state index contributed by atoms with van der Waals surface area (Å²) in [6.45, 7) is 2.10. The first kappa shape index (κ1) is 14.3. The Morgan fingerprint density at radius 2 is 2.11 bits per heavy atom. The van der Waals surface area contributed by atoms with Gasteiger partial charge in [0.1, 0.15) is 6.54 Å². The van der Waals surface area contributed by atoms with Crippen LogP contribution in [0.4, 0.5) is 5.69 Å². The number of hydrogen-bond acceptors (Lipinski definition) is 4. The summed E-state index contributed by atoms with van der Waals surface area (Å²) >= 11 is 6.01. The van der Waals surface area contributed by atoms with E-state index >= 15 is 0 Å². The number of rotatable bonds is 5. The molecule has 1 aromatic rings. The monoisotopic (exact) mass is 271 g/mol. The van der Waals surface area contributed by atoms with Crippen molar-refractivity contribution in [2.24, 2.45) is 0 Å². The van der Waals surface area contributed by atoms with Gasteiger partial charge in [0, 0.05) is 6.54 Å². The minimum Gasteiger partial charge on any atom is -0.480 e. The maximum absolute atomic E-state index is 11.4. The van der Waals surface area contributed by atoms with Gasteiger partial charge in [-0.05, 0) is 25.1 Å². The van der Waals surface area contributed by atoms with Crippen LogP contribution in [0.25, 0.3) is 0 Å². The molecule has 0 aromatic heterocycles. The van der Waals surface area contributed by atoms with E-state index in [0.29, 0.717) is 22.8 Å². The van der Waals surface area contributed by atoms with Crippen LogP contribution < -0.4 is 4.90 Å². The van der Waals surface area contributed by atoms with Gasteiger partial charge in [0.15, 0.2) is 0 Å². The SMILES string of the molecule is CCN(CC(=O)O)c1cc(C(=O)OC)ccc1Cl. The van der Waals surface area contributed by atoms with Gasteiger partial charge in [-0.3, -0.25) is 4.79 Å². The lowest BCUT2D eigenvalue weighted by molar-refractivity contribution is -0.135. The molecule has 6 heteroatoms. The quantitative estimate of drug-likeness (QED) is 0.830. The molecule has 18 heavy (non-hydrogen) atoms. The van der Waals surface area contributed by atoms with Crippen molar-refractivity contribution in [2.75, 3.05) is 25.1 Å². The molecule has 0 bridgehead atoms. The molecular weight excluding hydrogens is 258 g/mol. The van der Waals surface area contributed by atoms with Crippen molar-refractivity contribution in [3.63, 3.8) is 0 Å². The van der Waals surface area contributed by atoms with E-state index in [4.69, 9.17) is 16.7 Å². The molecule has 1 N–H and O–H groups in total. The topological polar surface area (TPSA) is 66.8 Å². The summed E-state index contributed by atoms with van der Waals surface area (Å²) in [4.78, 5) is 23.7. The summed E-state index contributed by atoms with van der Waals surface area (Å²) in [5.41, 5.74) is 0.838. The Bertz CT molecular complexity index is 461. The second-order valence-electron chi connectivity index (χ2n) is 3.57. The van der Waals surface area contributed by atoms with Crippen LogP contribution >= 0.6 is 11.6 Å². The van der Waals surface area contributed by atoms with Crippen LogP contribution in [0.3, 0.4) is 0 Å². The second-order valence-corrected chi connectivity index (χ2v) is 3.97. The van der Waals surface area contributed by atoms with Gasteiger partial charge in [-0.25, -0.2) is 4.79 Å². The molecule has 0 aliphatic carbocycles.